The highest BCUT2D eigenvalue weighted by molar-refractivity contribution is 5.91. The molecular formula is C25H29ClN2O3. The number of benzene rings is 3. The molecule has 0 heterocycles. The zero-order chi connectivity index (χ0) is 21.2. The summed E-state index contributed by atoms with van der Waals surface area (Å²) in [7, 11) is 1.60. The number of methoxy groups -OCH3 is 1. The van der Waals surface area contributed by atoms with Crippen molar-refractivity contribution in [2.75, 3.05) is 25.6 Å². The number of hydrogen-bond acceptors (Lipinski definition) is 4. The van der Waals surface area contributed by atoms with E-state index in [0.29, 0.717) is 11.5 Å². The average molecular weight is 441 g/mol. The molecular weight excluding hydrogens is 412 g/mol. The zero-order valence-corrected chi connectivity index (χ0v) is 18.7. The Morgan fingerprint density at radius 1 is 0.903 bits per heavy atom. The van der Waals surface area contributed by atoms with Crippen LogP contribution >= 0.6 is 12.4 Å². The van der Waals surface area contributed by atoms with Crippen LogP contribution in [0, 0.1) is 6.92 Å². The van der Waals surface area contributed by atoms with Gasteiger partial charge in [0.2, 0.25) is 0 Å². The summed E-state index contributed by atoms with van der Waals surface area (Å²) in [6, 6.07) is 23.8. The largest absolute Gasteiger partial charge is 0.493 e. The molecule has 6 heteroatoms. The number of rotatable bonds is 10. The highest BCUT2D eigenvalue weighted by Crippen LogP contribution is 2.28. The smallest absolute Gasteiger partial charge is 0.262 e. The summed E-state index contributed by atoms with van der Waals surface area (Å²) in [5.74, 6) is 0.942. The molecule has 31 heavy (non-hydrogen) atoms. The second-order valence-corrected chi connectivity index (χ2v) is 7.10. The van der Waals surface area contributed by atoms with E-state index in [0.717, 1.165) is 36.3 Å². The van der Waals surface area contributed by atoms with Gasteiger partial charge in [-0.25, -0.2) is 0 Å². The zero-order valence-electron chi connectivity index (χ0n) is 17.9. The summed E-state index contributed by atoms with van der Waals surface area (Å²) >= 11 is 0. The van der Waals surface area contributed by atoms with Crippen molar-refractivity contribution >= 4 is 24.0 Å². The number of anilines is 1. The van der Waals surface area contributed by atoms with Crippen molar-refractivity contribution in [1.82, 2.24) is 5.32 Å². The van der Waals surface area contributed by atoms with Crippen molar-refractivity contribution in [3.8, 4) is 11.5 Å². The van der Waals surface area contributed by atoms with E-state index >= 15 is 0 Å². The predicted octanol–water partition coefficient (Wildman–Crippen LogP) is 4.78. The maximum atomic E-state index is 12.1. The van der Waals surface area contributed by atoms with E-state index in [1.54, 1.807) is 7.11 Å². The van der Waals surface area contributed by atoms with E-state index in [-0.39, 0.29) is 24.9 Å². The van der Waals surface area contributed by atoms with Gasteiger partial charge in [0.15, 0.2) is 18.1 Å². The van der Waals surface area contributed by atoms with Gasteiger partial charge in [-0.15, -0.1) is 12.4 Å². The summed E-state index contributed by atoms with van der Waals surface area (Å²) in [4.78, 5) is 12.1. The summed E-state index contributed by atoms with van der Waals surface area (Å²) in [6.07, 6.45) is 0.981. The van der Waals surface area contributed by atoms with Gasteiger partial charge in [0.25, 0.3) is 5.91 Å². The molecule has 0 fully saturated rings. The molecule has 2 N–H and O–H groups in total. The van der Waals surface area contributed by atoms with Crippen LogP contribution in [0.4, 0.5) is 5.69 Å². The van der Waals surface area contributed by atoms with E-state index < -0.39 is 0 Å². The molecule has 0 saturated heterocycles. The number of aryl methyl sites for hydroxylation is 1. The van der Waals surface area contributed by atoms with Crippen LogP contribution in [0.15, 0.2) is 72.8 Å². The quantitative estimate of drug-likeness (QED) is 0.445. The van der Waals surface area contributed by atoms with Crippen molar-refractivity contribution in [2.24, 2.45) is 0 Å². The van der Waals surface area contributed by atoms with Crippen molar-refractivity contribution in [2.45, 2.75) is 19.9 Å². The first-order valence-electron chi connectivity index (χ1n) is 10.0. The Hall–Kier alpha value is -3.02. The number of carbonyl (C=O) groups excluding carboxylic acids is 1. The average Bonchev–Trinajstić information content (AvgIpc) is 2.78. The topological polar surface area (TPSA) is 59.6 Å². The molecule has 0 atom stereocenters. The van der Waals surface area contributed by atoms with E-state index in [9.17, 15) is 4.79 Å². The SMILES string of the molecule is COc1cc(CNCCc2ccccc2)ccc1OCC(=O)Nc1ccc(C)cc1.Cl. The lowest BCUT2D eigenvalue weighted by Gasteiger charge is -2.13. The van der Waals surface area contributed by atoms with Crippen molar-refractivity contribution in [1.29, 1.82) is 0 Å². The van der Waals surface area contributed by atoms with Crippen LogP contribution in [0.25, 0.3) is 0 Å². The second kappa shape index (κ2) is 12.6. The lowest BCUT2D eigenvalue weighted by Crippen LogP contribution is -2.20. The Labute approximate surface area is 190 Å². The summed E-state index contributed by atoms with van der Waals surface area (Å²) in [5.41, 5.74) is 4.30. The molecule has 5 nitrogen and oxygen atoms in total. The minimum Gasteiger partial charge on any atom is -0.493 e. The molecule has 0 bridgehead atoms. The van der Waals surface area contributed by atoms with Gasteiger partial charge in [0.1, 0.15) is 0 Å². The van der Waals surface area contributed by atoms with Crippen LogP contribution in [0.5, 0.6) is 11.5 Å². The van der Waals surface area contributed by atoms with E-state index in [1.807, 2.05) is 55.5 Å². The van der Waals surface area contributed by atoms with Gasteiger partial charge < -0.3 is 20.1 Å². The van der Waals surface area contributed by atoms with Gasteiger partial charge >= 0.3 is 0 Å². The Morgan fingerprint density at radius 3 is 2.35 bits per heavy atom. The van der Waals surface area contributed by atoms with Gasteiger partial charge in [-0.2, -0.15) is 0 Å². The Bertz CT molecular complexity index is 947. The van der Waals surface area contributed by atoms with Crippen molar-refractivity contribution in [3.05, 3.63) is 89.5 Å². The summed E-state index contributed by atoms with van der Waals surface area (Å²) in [5, 5.41) is 6.26. The van der Waals surface area contributed by atoms with Crippen LogP contribution in [-0.4, -0.2) is 26.2 Å². The van der Waals surface area contributed by atoms with Crippen LogP contribution in [0.3, 0.4) is 0 Å². The maximum Gasteiger partial charge on any atom is 0.262 e. The Balaban J connectivity index is 0.00000341. The molecule has 0 unspecified atom stereocenters. The number of hydrogen-bond donors (Lipinski definition) is 2. The molecule has 0 aliphatic carbocycles. The predicted molar refractivity (Wildman–Crippen MR) is 127 cm³/mol. The van der Waals surface area contributed by atoms with Crippen molar-refractivity contribution < 1.29 is 14.3 Å². The third kappa shape index (κ3) is 7.96. The van der Waals surface area contributed by atoms with Crippen LogP contribution < -0.4 is 20.1 Å². The van der Waals surface area contributed by atoms with Crippen LogP contribution in [-0.2, 0) is 17.8 Å². The van der Waals surface area contributed by atoms with E-state index in [1.165, 1.54) is 5.56 Å². The second-order valence-electron chi connectivity index (χ2n) is 7.10. The molecule has 0 radical (unpaired) electrons. The fraction of sp³-hybridized carbons (Fsp3) is 0.240. The van der Waals surface area contributed by atoms with Crippen LogP contribution in [0.1, 0.15) is 16.7 Å². The number of nitrogens with one attached hydrogen (secondary N) is 2. The first kappa shape index (κ1) is 24.3. The highest BCUT2D eigenvalue weighted by atomic mass is 35.5. The molecule has 3 rings (SSSR count). The van der Waals surface area contributed by atoms with Gasteiger partial charge in [-0.05, 0) is 55.3 Å². The van der Waals surface area contributed by atoms with Gasteiger partial charge in [0, 0.05) is 12.2 Å². The standard InChI is InChI=1S/C25H28N2O3.ClH/c1-19-8-11-22(12-9-19)27-25(28)18-30-23-13-10-21(16-24(23)29-2)17-26-15-14-20-6-4-3-5-7-20;/h3-13,16,26H,14-15,17-18H2,1-2H3,(H,27,28);1H. The Kier molecular flexibility index (Phi) is 9.88. The number of carbonyl (C=O) groups is 1. The lowest BCUT2D eigenvalue weighted by atomic mass is 10.1. The maximum absolute atomic E-state index is 12.1. The molecule has 0 aliphatic rings. The van der Waals surface area contributed by atoms with Crippen LogP contribution in [0.2, 0.25) is 0 Å². The summed E-state index contributed by atoms with van der Waals surface area (Å²) < 4.78 is 11.1. The molecule has 0 saturated carbocycles. The van der Waals surface area contributed by atoms with Gasteiger partial charge in [-0.1, -0.05) is 54.1 Å². The fourth-order valence-corrected chi connectivity index (χ4v) is 3.03. The van der Waals surface area contributed by atoms with Crippen molar-refractivity contribution in [3.63, 3.8) is 0 Å². The monoisotopic (exact) mass is 440 g/mol. The lowest BCUT2D eigenvalue weighted by molar-refractivity contribution is -0.118. The molecule has 3 aromatic carbocycles. The molecule has 1 amide bonds. The highest BCUT2D eigenvalue weighted by Gasteiger charge is 2.09. The summed E-state index contributed by atoms with van der Waals surface area (Å²) in [6.45, 7) is 3.55. The third-order valence-corrected chi connectivity index (χ3v) is 4.68. The van der Waals surface area contributed by atoms with Gasteiger partial charge in [-0.3, -0.25) is 4.79 Å². The molecule has 3 aromatic rings. The molecule has 0 spiro atoms. The number of amides is 1. The van der Waals surface area contributed by atoms with Gasteiger partial charge in [0.05, 0.1) is 7.11 Å². The normalized spacial score (nSPS) is 10.1. The molecule has 164 valence electrons. The van der Waals surface area contributed by atoms with E-state index in [4.69, 9.17) is 9.47 Å². The minimum absolute atomic E-state index is 0. The molecule has 0 aliphatic heterocycles. The van der Waals surface area contributed by atoms with E-state index in [2.05, 4.69) is 34.9 Å². The first-order chi connectivity index (χ1) is 14.6. The Morgan fingerprint density at radius 2 is 1.65 bits per heavy atom. The molecule has 0 aromatic heterocycles. The minimum atomic E-state index is -0.215. The number of halogens is 1. The fourth-order valence-electron chi connectivity index (χ4n) is 3.03. The first-order valence-corrected chi connectivity index (χ1v) is 10.0. The number of ether oxygens (including phenoxy) is 2. The third-order valence-electron chi connectivity index (χ3n) is 4.68.